The van der Waals surface area contributed by atoms with Crippen molar-refractivity contribution in [3.63, 3.8) is 0 Å². The lowest BCUT2D eigenvalue weighted by Crippen LogP contribution is -2.14. The highest BCUT2D eigenvalue weighted by atomic mass is 19.4. The van der Waals surface area contributed by atoms with E-state index in [1.807, 2.05) is 0 Å². The maximum Gasteiger partial charge on any atom is 0.416 e. The normalized spacial score (nSPS) is 12.7. The molecule has 0 saturated heterocycles. The zero-order valence-electron chi connectivity index (χ0n) is 11.5. The SMILES string of the molecule is CC(CC(=O)OC(C)C)=Nc1cccc(C(F)(F)F)c1. The van der Waals surface area contributed by atoms with Gasteiger partial charge in [-0.15, -0.1) is 0 Å². The maximum atomic E-state index is 12.5. The van der Waals surface area contributed by atoms with Gasteiger partial charge in [0.05, 0.1) is 23.8 Å². The first-order valence-corrected chi connectivity index (χ1v) is 6.09. The Morgan fingerprint density at radius 2 is 2.00 bits per heavy atom. The number of esters is 1. The van der Waals surface area contributed by atoms with Crippen LogP contribution in [0.4, 0.5) is 18.9 Å². The summed E-state index contributed by atoms with van der Waals surface area (Å²) in [5.74, 6) is -0.451. The lowest BCUT2D eigenvalue weighted by atomic mass is 10.2. The molecule has 3 nitrogen and oxygen atoms in total. The molecule has 0 aliphatic carbocycles. The second-order valence-corrected chi connectivity index (χ2v) is 4.61. The molecule has 0 fully saturated rings. The van der Waals surface area contributed by atoms with Crippen molar-refractivity contribution in [3.05, 3.63) is 29.8 Å². The van der Waals surface area contributed by atoms with E-state index in [1.165, 1.54) is 12.1 Å². The number of rotatable bonds is 4. The fourth-order valence-corrected chi connectivity index (χ4v) is 1.53. The summed E-state index contributed by atoms with van der Waals surface area (Å²) in [4.78, 5) is 15.4. The number of nitrogens with zero attached hydrogens (tertiary/aromatic N) is 1. The minimum absolute atomic E-state index is 0.0472. The van der Waals surface area contributed by atoms with E-state index in [1.54, 1.807) is 20.8 Å². The predicted molar refractivity (Wildman–Crippen MR) is 70.1 cm³/mol. The number of benzene rings is 1. The molecule has 0 atom stereocenters. The highest BCUT2D eigenvalue weighted by molar-refractivity contribution is 5.98. The van der Waals surface area contributed by atoms with Gasteiger partial charge in [-0.25, -0.2) is 0 Å². The van der Waals surface area contributed by atoms with Crippen molar-refractivity contribution in [2.75, 3.05) is 0 Å². The number of carbonyl (C=O) groups is 1. The third-order valence-corrected chi connectivity index (χ3v) is 2.26. The Morgan fingerprint density at radius 1 is 1.35 bits per heavy atom. The quantitative estimate of drug-likeness (QED) is 0.616. The number of hydrogen-bond donors (Lipinski definition) is 0. The van der Waals surface area contributed by atoms with Crippen LogP contribution in [0.15, 0.2) is 29.3 Å². The fourth-order valence-electron chi connectivity index (χ4n) is 1.53. The Labute approximate surface area is 115 Å². The van der Waals surface area contributed by atoms with Gasteiger partial charge < -0.3 is 4.74 Å². The van der Waals surface area contributed by atoms with Gasteiger partial charge in [-0.1, -0.05) is 6.07 Å². The molecule has 20 heavy (non-hydrogen) atoms. The van der Waals surface area contributed by atoms with Gasteiger partial charge in [0, 0.05) is 5.71 Å². The van der Waals surface area contributed by atoms with E-state index in [0.717, 1.165) is 12.1 Å². The summed E-state index contributed by atoms with van der Waals surface area (Å²) in [6.07, 6.45) is -4.69. The van der Waals surface area contributed by atoms with Crippen LogP contribution in [0, 0.1) is 0 Å². The first kappa shape index (κ1) is 16.2. The third-order valence-electron chi connectivity index (χ3n) is 2.26. The highest BCUT2D eigenvalue weighted by Crippen LogP contribution is 2.31. The average molecular weight is 287 g/mol. The molecule has 6 heteroatoms. The molecule has 1 aromatic carbocycles. The van der Waals surface area contributed by atoms with Crippen molar-refractivity contribution in [1.82, 2.24) is 0 Å². The van der Waals surface area contributed by atoms with E-state index in [0.29, 0.717) is 5.71 Å². The third kappa shape index (κ3) is 5.42. The first-order valence-electron chi connectivity index (χ1n) is 6.09. The monoisotopic (exact) mass is 287 g/mol. The molecule has 0 aliphatic rings. The van der Waals surface area contributed by atoms with Gasteiger partial charge in [0.1, 0.15) is 0 Å². The average Bonchev–Trinajstić information content (AvgIpc) is 2.26. The van der Waals surface area contributed by atoms with E-state index >= 15 is 0 Å². The lowest BCUT2D eigenvalue weighted by molar-refractivity contribution is -0.145. The van der Waals surface area contributed by atoms with E-state index < -0.39 is 17.7 Å². The van der Waals surface area contributed by atoms with Gasteiger partial charge in [-0.2, -0.15) is 13.2 Å². The molecule has 0 heterocycles. The summed E-state index contributed by atoms with van der Waals surface area (Å²) in [7, 11) is 0. The van der Waals surface area contributed by atoms with Crippen molar-refractivity contribution in [1.29, 1.82) is 0 Å². The first-order chi connectivity index (χ1) is 9.18. The molecule has 110 valence electrons. The van der Waals surface area contributed by atoms with E-state index in [4.69, 9.17) is 4.74 Å². The van der Waals surface area contributed by atoms with Gasteiger partial charge in [0.2, 0.25) is 0 Å². The maximum absolute atomic E-state index is 12.5. The Morgan fingerprint density at radius 3 is 2.55 bits per heavy atom. The van der Waals surface area contributed by atoms with Crippen LogP contribution in [0.25, 0.3) is 0 Å². The fraction of sp³-hybridized carbons (Fsp3) is 0.429. The summed E-state index contributed by atoms with van der Waals surface area (Å²) in [6.45, 7) is 5.01. The van der Waals surface area contributed by atoms with Gasteiger partial charge in [-0.3, -0.25) is 9.79 Å². The zero-order chi connectivity index (χ0) is 15.3. The van der Waals surface area contributed by atoms with Crippen LogP contribution in [0.2, 0.25) is 0 Å². The molecule has 0 aliphatic heterocycles. The van der Waals surface area contributed by atoms with Crippen molar-refractivity contribution in [2.24, 2.45) is 4.99 Å². The largest absolute Gasteiger partial charge is 0.463 e. The predicted octanol–water partition coefficient (Wildman–Crippen LogP) is 4.14. The Balaban J connectivity index is 2.81. The smallest absolute Gasteiger partial charge is 0.416 e. The molecular weight excluding hydrogens is 271 g/mol. The van der Waals surface area contributed by atoms with Crippen molar-refractivity contribution >= 4 is 17.4 Å². The van der Waals surface area contributed by atoms with Crippen LogP contribution < -0.4 is 0 Å². The summed E-state index contributed by atoms with van der Waals surface area (Å²) < 4.78 is 42.5. The van der Waals surface area contributed by atoms with Crippen LogP contribution in [0.5, 0.6) is 0 Å². The van der Waals surface area contributed by atoms with Crippen molar-refractivity contribution in [2.45, 2.75) is 39.5 Å². The second kappa shape index (κ2) is 6.54. The van der Waals surface area contributed by atoms with Crippen LogP contribution in [-0.2, 0) is 15.7 Å². The van der Waals surface area contributed by atoms with Crippen LogP contribution >= 0.6 is 0 Å². The van der Waals surface area contributed by atoms with Crippen molar-refractivity contribution in [3.8, 4) is 0 Å². The zero-order valence-corrected chi connectivity index (χ0v) is 11.5. The van der Waals surface area contributed by atoms with Gasteiger partial charge in [0.15, 0.2) is 0 Å². The molecule has 1 aromatic rings. The van der Waals surface area contributed by atoms with E-state index in [2.05, 4.69) is 4.99 Å². The van der Waals surface area contributed by atoms with Crippen LogP contribution in [-0.4, -0.2) is 17.8 Å². The Bertz CT molecular complexity index is 507. The molecule has 0 amide bonds. The molecule has 0 N–H and O–H groups in total. The topological polar surface area (TPSA) is 38.7 Å². The van der Waals surface area contributed by atoms with Crippen molar-refractivity contribution < 1.29 is 22.7 Å². The number of halogens is 3. The number of aliphatic imine (C=N–C) groups is 1. The Hall–Kier alpha value is -1.85. The van der Waals surface area contributed by atoms with E-state index in [-0.39, 0.29) is 18.2 Å². The highest BCUT2D eigenvalue weighted by Gasteiger charge is 2.30. The second-order valence-electron chi connectivity index (χ2n) is 4.61. The van der Waals surface area contributed by atoms with Gasteiger partial charge in [-0.05, 0) is 39.0 Å². The van der Waals surface area contributed by atoms with Crippen LogP contribution in [0.1, 0.15) is 32.8 Å². The summed E-state index contributed by atoms with van der Waals surface area (Å²) >= 11 is 0. The standard InChI is InChI=1S/C14H16F3NO2/c1-9(2)20-13(19)7-10(3)18-12-6-4-5-11(8-12)14(15,16)17/h4-6,8-9H,7H2,1-3H3. The number of ether oxygens (including phenoxy) is 1. The molecule has 0 aromatic heterocycles. The molecular formula is C14H16F3NO2. The molecule has 0 saturated carbocycles. The minimum Gasteiger partial charge on any atom is -0.463 e. The number of hydrogen-bond acceptors (Lipinski definition) is 3. The number of carbonyl (C=O) groups excluding carboxylic acids is 1. The Kier molecular flexibility index (Phi) is 5.30. The lowest BCUT2D eigenvalue weighted by Gasteiger charge is -2.08. The molecule has 0 spiro atoms. The minimum atomic E-state index is -4.41. The van der Waals surface area contributed by atoms with Gasteiger partial charge in [0.25, 0.3) is 0 Å². The molecule has 0 radical (unpaired) electrons. The van der Waals surface area contributed by atoms with Crippen LogP contribution in [0.3, 0.4) is 0 Å². The number of alkyl halides is 3. The molecule has 0 unspecified atom stereocenters. The summed E-state index contributed by atoms with van der Waals surface area (Å²) in [5.41, 5.74) is -0.207. The van der Waals surface area contributed by atoms with E-state index in [9.17, 15) is 18.0 Å². The molecule has 1 rings (SSSR count). The summed E-state index contributed by atoms with van der Waals surface area (Å²) in [5, 5.41) is 0. The molecule has 0 bridgehead atoms. The summed E-state index contributed by atoms with van der Waals surface area (Å²) in [6, 6.07) is 4.65. The van der Waals surface area contributed by atoms with Gasteiger partial charge >= 0.3 is 12.1 Å².